The summed E-state index contributed by atoms with van der Waals surface area (Å²) < 4.78 is 12.9. The number of nitrogens with one attached hydrogen (secondary N) is 1. The van der Waals surface area contributed by atoms with Crippen LogP contribution < -0.4 is 5.32 Å². The number of carboxylic acid groups (broad SMARTS) is 2. The largest absolute Gasteiger partial charge is 0.481 e. The standard InChI is InChI=1S/C15H16FNO5/c16-9-3-1-8(2-4-9)10-5-6-11(10)14(20)17-12(15(21)22)7-13(18)19/h1-4,10-12H,5-7H2,(H,17,20)(H,18,19)(H,21,22). The molecule has 1 aromatic carbocycles. The summed E-state index contributed by atoms with van der Waals surface area (Å²) in [5, 5.41) is 19.9. The average Bonchev–Trinajstić information content (AvgIpc) is 2.38. The van der Waals surface area contributed by atoms with Crippen LogP contribution in [-0.4, -0.2) is 34.1 Å². The number of carbonyl (C=O) groups is 3. The Morgan fingerprint density at radius 3 is 2.27 bits per heavy atom. The number of halogens is 1. The van der Waals surface area contributed by atoms with E-state index >= 15 is 0 Å². The summed E-state index contributed by atoms with van der Waals surface area (Å²) >= 11 is 0. The fraction of sp³-hybridized carbons (Fsp3) is 0.400. The highest BCUT2D eigenvalue weighted by Crippen LogP contribution is 2.42. The van der Waals surface area contributed by atoms with Crippen LogP contribution in [0.25, 0.3) is 0 Å². The van der Waals surface area contributed by atoms with Crippen molar-refractivity contribution in [2.45, 2.75) is 31.2 Å². The minimum absolute atomic E-state index is 0.0973. The number of benzene rings is 1. The van der Waals surface area contributed by atoms with Gasteiger partial charge in [-0.3, -0.25) is 9.59 Å². The van der Waals surface area contributed by atoms with Crippen LogP contribution in [0.1, 0.15) is 30.7 Å². The molecule has 0 heterocycles. The molecule has 1 amide bonds. The number of amides is 1. The first-order valence-corrected chi connectivity index (χ1v) is 6.89. The predicted molar refractivity (Wildman–Crippen MR) is 73.7 cm³/mol. The van der Waals surface area contributed by atoms with E-state index in [1.807, 2.05) is 0 Å². The third kappa shape index (κ3) is 3.60. The molecule has 1 aliphatic carbocycles. The number of carbonyl (C=O) groups excluding carboxylic acids is 1. The van der Waals surface area contributed by atoms with Gasteiger partial charge in [0.05, 0.1) is 6.42 Å². The van der Waals surface area contributed by atoms with Crippen LogP contribution in [0, 0.1) is 11.7 Å². The summed E-state index contributed by atoms with van der Waals surface area (Å²) in [7, 11) is 0. The van der Waals surface area contributed by atoms with Gasteiger partial charge >= 0.3 is 11.9 Å². The van der Waals surface area contributed by atoms with Crippen molar-refractivity contribution in [3.8, 4) is 0 Å². The predicted octanol–water partition coefficient (Wildman–Crippen LogP) is 1.36. The highest BCUT2D eigenvalue weighted by Gasteiger charge is 2.39. The fourth-order valence-electron chi connectivity index (χ4n) is 2.58. The molecule has 0 bridgehead atoms. The van der Waals surface area contributed by atoms with E-state index in [2.05, 4.69) is 5.32 Å². The van der Waals surface area contributed by atoms with Crippen molar-refractivity contribution in [2.75, 3.05) is 0 Å². The Morgan fingerprint density at radius 2 is 1.82 bits per heavy atom. The molecule has 0 aliphatic heterocycles. The molecule has 0 saturated heterocycles. The number of hydrogen-bond donors (Lipinski definition) is 3. The van der Waals surface area contributed by atoms with Crippen molar-refractivity contribution in [2.24, 2.45) is 5.92 Å². The average molecular weight is 309 g/mol. The van der Waals surface area contributed by atoms with Crippen molar-refractivity contribution < 1.29 is 29.0 Å². The Labute approximate surface area is 125 Å². The third-order valence-corrected chi connectivity index (χ3v) is 3.90. The van der Waals surface area contributed by atoms with Gasteiger partial charge < -0.3 is 15.5 Å². The smallest absolute Gasteiger partial charge is 0.326 e. The van der Waals surface area contributed by atoms with Crippen molar-refractivity contribution in [3.05, 3.63) is 35.6 Å². The van der Waals surface area contributed by atoms with Gasteiger partial charge in [-0.2, -0.15) is 0 Å². The fourth-order valence-corrected chi connectivity index (χ4v) is 2.58. The molecule has 3 atom stereocenters. The van der Waals surface area contributed by atoms with Gasteiger partial charge in [0.25, 0.3) is 0 Å². The van der Waals surface area contributed by atoms with Crippen molar-refractivity contribution in [1.82, 2.24) is 5.32 Å². The maximum atomic E-state index is 12.9. The summed E-state index contributed by atoms with van der Waals surface area (Å²) in [6, 6.07) is 4.39. The highest BCUT2D eigenvalue weighted by atomic mass is 19.1. The Hall–Kier alpha value is -2.44. The summed E-state index contributed by atoms with van der Waals surface area (Å²) in [5.74, 6) is -4.03. The molecule has 0 aromatic heterocycles. The zero-order valence-electron chi connectivity index (χ0n) is 11.7. The van der Waals surface area contributed by atoms with E-state index in [4.69, 9.17) is 10.2 Å². The minimum Gasteiger partial charge on any atom is -0.481 e. The highest BCUT2D eigenvalue weighted by molar-refractivity contribution is 5.88. The second-order valence-electron chi connectivity index (χ2n) is 5.34. The van der Waals surface area contributed by atoms with Crippen molar-refractivity contribution >= 4 is 17.8 Å². The molecule has 3 N–H and O–H groups in total. The topological polar surface area (TPSA) is 104 Å². The lowest BCUT2D eigenvalue weighted by molar-refractivity contribution is -0.148. The first kappa shape index (κ1) is 15.9. The minimum atomic E-state index is -1.44. The van der Waals surface area contributed by atoms with Crippen molar-refractivity contribution in [1.29, 1.82) is 0 Å². The number of carboxylic acids is 2. The van der Waals surface area contributed by atoms with E-state index in [9.17, 15) is 18.8 Å². The van der Waals surface area contributed by atoms with Gasteiger partial charge in [0.15, 0.2) is 0 Å². The van der Waals surface area contributed by atoms with E-state index in [1.165, 1.54) is 12.1 Å². The monoisotopic (exact) mass is 309 g/mol. The lowest BCUT2D eigenvalue weighted by Gasteiger charge is -2.36. The van der Waals surface area contributed by atoms with Gasteiger partial charge in [-0.15, -0.1) is 0 Å². The third-order valence-electron chi connectivity index (χ3n) is 3.90. The Morgan fingerprint density at radius 1 is 1.18 bits per heavy atom. The maximum absolute atomic E-state index is 12.9. The number of hydrogen-bond acceptors (Lipinski definition) is 3. The number of aliphatic carboxylic acids is 2. The Balaban J connectivity index is 2.01. The molecule has 1 aliphatic rings. The Kier molecular flexibility index (Phi) is 4.75. The second-order valence-corrected chi connectivity index (χ2v) is 5.34. The van der Waals surface area contributed by atoms with Crippen LogP contribution in [-0.2, 0) is 14.4 Å². The summed E-state index contributed by atoms with van der Waals surface area (Å²) in [4.78, 5) is 33.7. The van der Waals surface area contributed by atoms with Crippen LogP contribution in [0.3, 0.4) is 0 Å². The van der Waals surface area contributed by atoms with Crippen LogP contribution >= 0.6 is 0 Å². The molecule has 3 unspecified atom stereocenters. The molecule has 1 saturated carbocycles. The zero-order valence-corrected chi connectivity index (χ0v) is 11.7. The molecule has 0 spiro atoms. The molecule has 2 rings (SSSR count). The van der Waals surface area contributed by atoms with E-state index in [-0.39, 0.29) is 11.7 Å². The van der Waals surface area contributed by atoms with Crippen LogP contribution in [0.4, 0.5) is 4.39 Å². The Bertz CT molecular complexity index is 586. The van der Waals surface area contributed by atoms with Crippen molar-refractivity contribution in [3.63, 3.8) is 0 Å². The molecular weight excluding hydrogens is 293 g/mol. The quantitative estimate of drug-likeness (QED) is 0.736. The molecular formula is C15H16FNO5. The van der Waals surface area contributed by atoms with Gasteiger partial charge in [0.2, 0.25) is 5.91 Å². The molecule has 0 radical (unpaired) electrons. The molecule has 7 heteroatoms. The first-order valence-electron chi connectivity index (χ1n) is 6.89. The molecule has 1 fully saturated rings. The second kappa shape index (κ2) is 6.55. The van der Waals surface area contributed by atoms with Gasteiger partial charge in [0, 0.05) is 5.92 Å². The van der Waals surface area contributed by atoms with Crippen LogP contribution in [0.2, 0.25) is 0 Å². The molecule has 1 aromatic rings. The van der Waals surface area contributed by atoms with Crippen LogP contribution in [0.5, 0.6) is 0 Å². The van der Waals surface area contributed by atoms with E-state index in [1.54, 1.807) is 12.1 Å². The summed E-state index contributed by atoms with van der Waals surface area (Å²) in [5.41, 5.74) is 0.818. The molecule has 22 heavy (non-hydrogen) atoms. The first-order chi connectivity index (χ1) is 10.4. The van der Waals surface area contributed by atoms with E-state index < -0.39 is 36.2 Å². The van der Waals surface area contributed by atoms with Gasteiger partial charge in [-0.05, 0) is 36.5 Å². The lowest BCUT2D eigenvalue weighted by Crippen LogP contribution is -2.48. The maximum Gasteiger partial charge on any atom is 0.326 e. The molecule has 118 valence electrons. The van der Waals surface area contributed by atoms with Gasteiger partial charge in [0.1, 0.15) is 11.9 Å². The van der Waals surface area contributed by atoms with Crippen LogP contribution in [0.15, 0.2) is 24.3 Å². The van der Waals surface area contributed by atoms with E-state index in [0.29, 0.717) is 6.42 Å². The lowest BCUT2D eigenvalue weighted by atomic mass is 9.69. The van der Waals surface area contributed by atoms with Gasteiger partial charge in [-0.25, -0.2) is 9.18 Å². The summed E-state index contributed by atoms with van der Waals surface area (Å²) in [6.07, 6.45) is 0.669. The van der Waals surface area contributed by atoms with E-state index in [0.717, 1.165) is 12.0 Å². The SMILES string of the molecule is O=C(O)CC(NC(=O)C1CCC1c1ccc(F)cc1)C(=O)O. The zero-order chi connectivity index (χ0) is 16.3. The summed E-state index contributed by atoms with van der Waals surface area (Å²) in [6.45, 7) is 0. The van der Waals surface area contributed by atoms with Gasteiger partial charge in [-0.1, -0.05) is 12.1 Å². The number of rotatable bonds is 6. The normalized spacial score (nSPS) is 21.5. The molecule has 6 nitrogen and oxygen atoms in total.